The number of nitrogens with one attached hydrogen (secondary N) is 1. The summed E-state index contributed by atoms with van der Waals surface area (Å²) >= 11 is 0. The number of rotatable bonds is 4. The van der Waals surface area contributed by atoms with Crippen molar-refractivity contribution in [3.8, 4) is 11.6 Å². The lowest BCUT2D eigenvalue weighted by molar-refractivity contribution is 0.382. The average Bonchev–Trinajstić information content (AvgIpc) is 3.08. The van der Waals surface area contributed by atoms with E-state index in [2.05, 4.69) is 15.5 Å². The predicted octanol–water partition coefficient (Wildman–Crippen LogP) is 3.39. The lowest BCUT2D eigenvalue weighted by Crippen LogP contribution is -2.01. The average molecular weight is 273 g/mol. The zero-order valence-corrected chi connectivity index (χ0v) is 10.8. The molecular formula is C14H12FN3O2. The topological polar surface area (TPSA) is 64.1 Å². The molecule has 0 unspecified atom stereocenters. The molecule has 0 fully saturated rings. The maximum Gasteiger partial charge on any atom is 0.246 e. The van der Waals surface area contributed by atoms with Gasteiger partial charge in [-0.15, -0.1) is 0 Å². The highest BCUT2D eigenvalue weighted by Crippen LogP contribution is 2.18. The molecule has 3 rings (SSSR count). The van der Waals surface area contributed by atoms with Crippen LogP contribution in [0.25, 0.3) is 11.6 Å². The molecule has 1 aromatic carbocycles. The molecule has 0 aliphatic carbocycles. The molecule has 3 aromatic rings. The van der Waals surface area contributed by atoms with E-state index < -0.39 is 0 Å². The molecule has 0 bridgehead atoms. The Morgan fingerprint density at radius 3 is 2.95 bits per heavy atom. The van der Waals surface area contributed by atoms with Crippen LogP contribution in [0.3, 0.4) is 0 Å². The van der Waals surface area contributed by atoms with E-state index in [1.807, 2.05) is 6.92 Å². The number of hydrogen-bond acceptors (Lipinski definition) is 5. The minimum absolute atomic E-state index is 0.258. The van der Waals surface area contributed by atoms with Gasteiger partial charge in [0.05, 0.1) is 12.8 Å². The van der Waals surface area contributed by atoms with Crippen LogP contribution in [0.15, 0.2) is 45.5 Å². The van der Waals surface area contributed by atoms with E-state index >= 15 is 0 Å². The molecule has 0 spiro atoms. The zero-order valence-electron chi connectivity index (χ0n) is 10.8. The van der Waals surface area contributed by atoms with Gasteiger partial charge in [0.25, 0.3) is 0 Å². The van der Waals surface area contributed by atoms with Crippen LogP contribution in [0, 0.1) is 12.7 Å². The molecule has 2 aromatic heterocycles. The summed E-state index contributed by atoms with van der Waals surface area (Å²) in [5.41, 5.74) is 1.64. The Hall–Kier alpha value is -2.63. The van der Waals surface area contributed by atoms with Crippen molar-refractivity contribution < 1.29 is 13.3 Å². The largest absolute Gasteiger partial charge is 0.461 e. The number of furan rings is 1. The third-order valence-electron chi connectivity index (χ3n) is 2.83. The van der Waals surface area contributed by atoms with Crippen LogP contribution in [0.1, 0.15) is 11.5 Å². The SMILES string of the molecule is Cc1cc(F)ccc1NCc1nc(-c2ccco2)no1. The number of hydrogen-bond donors (Lipinski definition) is 1. The summed E-state index contributed by atoms with van der Waals surface area (Å²) in [6.07, 6.45) is 1.55. The van der Waals surface area contributed by atoms with Crippen molar-refractivity contribution in [2.45, 2.75) is 13.5 Å². The molecule has 0 radical (unpaired) electrons. The summed E-state index contributed by atoms with van der Waals surface area (Å²) in [5, 5.41) is 6.95. The molecule has 0 aliphatic heterocycles. The minimum Gasteiger partial charge on any atom is -0.461 e. The predicted molar refractivity (Wildman–Crippen MR) is 70.5 cm³/mol. The van der Waals surface area contributed by atoms with Crippen LogP contribution in [0.5, 0.6) is 0 Å². The third kappa shape index (κ3) is 2.54. The van der Waals surface area contributed by atoms with Crippen LogP contribution in [-0.4, -0.2) is 10.1 Å². The fraction of sp³-hybridized carbons (Fsp3) is 0.143. The van der Waals surface area contributed by atoms with E-state index in [4.69, 9.17) is 8.94 Å². The molecule has 6 heteroatoms. The number of anilines is 1. The molecule has 5 nitrogen and oxygen atoms in total. The fourth-order valence-corrected chi connectivity index (χ4v) is 1.83. The van der Waals surface area contributed by atoms with Gasteiger partial charge in [-0.2, -0.15) is 4.98 Å². The van der Waals surface area contributed by atoms with Crippen LogP contribution in [-0.2, 0) is 6.54 Å². The lowest BCUT2D eigenvalue weighted by atomic mass is 10.2. The molecule has 0 saturated heterocycles. The minimum atomic E-state index is -0.258. The normalized spacial score (nSPS) is 10.7. The number of aromatic nitrogens is 2. The second kappa shape index (κ2) is 5.16. The first-order valence-electron chi connectivity index (χ1n) is 6.09. The summed E-state index contributed by atoms with van der Waals surface area (Å²) in [5.74, 6) is 1.13. The summed E-state index contributed by atoms with van der Waals surface area (Å²) in [4.78, 5) is 4.21. The van der Waals surface area contributed by atoms with Crippen molar-refractivity contribution in [2.75, 3.05) is 5.32 Å². The van der Waals surface area contributed by atoms with Gasteiger partial charge in [-0.3, -0.25) is 0 Å². The van der Waals surface area contributed by atoms with E-state index in [1.54, 1.807) is 24.5 Å². The molecule has 1 N–H and O–H groups in total. The Morgan fingerprint density at radius 1 is 1.30 bits per heavy atom. The van der Waals surface area contributed by atoms with Gasteiger partial charge >= 0.3 is 0 Å². The zero-order chi connectivity index (χ0) is 13.9. The molecule has 102 valence electrons. The van der Waals surface area contributed by atoms with Gasteiger partial charge < -0.3 is 14.3 Å². The van der Waals surface area contributed by atoms with Gasteiger partial charge in [0, 0.05) is 5.69 Å². The van der Waals surface area contributed by atoms with Gasteiger partial charge in [0.1, 0.15) is 5.82 Å². The molecule has 0 aliphatic rings. The van der Waals surface area contributed by atoms with Crippen LogP contribution < -0.4 is 5.32 Å². The van der Waals surface area contributed by atoms with Gasteiger partial charge in [0.15, 0.2) is 5.76 Å². The van der Waals surface area contributed by atoms with Crippen molar-refractivity contribution in [1.82, 2.24) is 10.1 Å². The van der Waals surface area contributed by atoms with Crippen LogP contribution in [0.2, 0.25) is 0 Å². The highest BCUT2D eigenvalue weighted by Gasteiger charge is 2.10. The second-order valence-electron chi connectivity index (χ2n) is 4.30. The molecule has 0 saturated carbocycles. The number of aryl methyl sites for hydroxylation is 1. The maximum absolute atomic E-state index is 13.0. The maximum atomic E-state index is 13.0. The number of nitrogens with zero attached hydrogens (tertiary/aromatic N) is 2. The first-order valence-corrected chi connectivity index (χ1v) is 6.09. The van der Waals surface area contributed by atoms with E-state index in [0.717, 1.165) is 11.3 Å². The van der Waals surface area contributed by atoms with E-state index in [-0.39, 0.29) is 5.82 Å². The first kappa shape index (κ1) is 12.4. The van der Waals surface area contributed by atoms with E-state index in [0.29, 0.717) is 24.0 Å². The van der Waals surface area contributed by atoms with Crippen LogP contribution in [0.4, 0.5) is 10.1 Å². The summed E-state index contributed by atoms with van der Waals surface area (Å²) in [6, 6.07) is 8.05. The Bertz CT molecular complexity index is 707. The lowest BCUT2D eigenvalue weighted by Gasteiger charge is -2.06. The molecular weight excluding hydrogens is 261 g/mol. The molecule has 0 atom stereocenters. The van der Waals surface area contributed by atoms with Crippen molar-refractivity contribution in [1.29, 1.82) is 0 Å². The Labute approximate surface area is 114 Å². The van der Waals surface area contributed by atoms with E-state index in [1.165, 1.54) is 12.1 Å². The van der Waals surface area contributed by atoms with E-state index in [9.17, 15) is 4.39 Å². The highest BCUT2D eigenvalue weighted by atomic mass is 19.1. The Morgan fingerprint density at radius 2 is 2.20 bits per heavy atom. The van der Waals surface area contributed by atoms with Gasteiger partial charge in [0.2, 0.25) is 11.7 Å². The monoisotopic (exact) mass is 273 g/mol. The van der Waals surface area contributed by atoms with Crippen molar-refractivity contribution in [3.63, 3.8) is 0 Å². The fourth-order valence-electron chi connectivity index (χ4n) is 1.83. The molecule has 2 heterocycles. The van der Waals surface area contributed by atoms with Crippen LogP contribution >= 0.6 is 0 Å². The van der Waals surface area contributed by atoms with Crippen molar-refractivity contribution in [3.05, 3.63) is 53.9 Å². The van der Waals surface area contributed by atoms with Gasteiger partial charge in [-0.25, -0.2) is 4.39 Å². The second-order valence-corrected chi connectivity index (χ2v) is 4.30. The first-order chi connectivity index (χ1) is 9.72. The van der Waals surface area contributed by atoms with Crippen molar-refractivity contribution >= 4 is 5.69 Å². The third-order valence-corrected chi connectivity index (χ3v) is 2.83. The number of halogens is 1. The molecule has 0 amide bonds. The Balaban J connectivity index is 1.70. The van der Waals surface area contributed by atoms with Gasteiger partial charge in [-0.05, 0) is 42.8 Å². The highest BCUT2D eigenvalue weighted by molar-refractivity contribution is 5.50. The quantitative estimate of drug-likeness (QED) is 0.789. The summed E-state index contributed by atoms with van der Waals surface area (Å²) < 4.78 is 23.3. The smallest absolute Gasteiger partial charge is 0.246 e. The molecule has 20 heavy (non-hydrogen) atoms. The van der Waals surface area contributed by atoms with Gasteiger partial charge in [-0.1, -0.05) is 5.16 Å². The van der Waals surface area contributed by atoms with Crippen molar-refractivity contribution in [2.24, 2.45) is 0 Å². The summed E-state index contributed by atoms with van der Waals surface area (Å²) in [6.45, 7) is 2.19. The summed E-state index contributed by atoms with van der Waals surface area (Å²) in [7, 11) is 0. The standard InChI is InChI=1S/C14H12FN3O2/c1-9-7-10(15)4-5-11(9)16-8-13-17-14(18-20-13)12-3-2-6-19-12/h2-7,16H,8H2,1H3. The Kier molecular flexibility index (Phi) is 3.20. The number of benzene rings is 1.